The van der Waals surface area contributed by atoms with Gasteiger partial charge < -0.3 is 9.52 Å². The van der Waals surface area contributed by atoms with Crippen molar-refractivity contribution in [3.63, 3.8) is 0 Å². The Morgan fingerprint density at radius 1 is 1.03 bits per heavy atom. The fourth-order valence-electron chi connectivity index (χ4n) is 3.58. The minimum absolute atomic E-state index is 0.00514. The zero-order valence-corrected chi connectivity index (χ0v) is 15.5. The van der Waals surface area contributed by atoms with Crippen LogP contribution in [-0.4, -0.2) is 21.0 Å². The fraction of sp³-hybridized carbons (Fsp3) is 0.0476. The van der Waals surface area contributed by atoms with E-state index in [4.69, 9.17) is 16.0 Å². The van der Waals surface area contributed by atoms with Crippen LogP contribution in [0.2, 0.25) is 5.02 Å². The van der Waals surface area contributed by atoms with Crippen molar-refractivity contribution < 1.29 is 14.3 Å². The molecule has 142 valence electrons. The minimum Gasteiger partial charge on any atom is -0.508 e. The van der Waals surface area contributed by atoms with Crippen LogP contribution in [0.1, 0.15) is 27.7 Å². The number of benzene rings is 2. The maximum atomic E-state index is 13.4. The molecule has 1 unspecified atom stereocenters. The molecule has 1 aliphatic rings. The average Bonchev–Trinajstić information content (AvgIpc) is 3.02. The number of anilines is 1. The van der Waals surface area contributed by atoms with E-state index < -0.39 is 11.9 Å². The van der Waals surface area contributed by atoms with Crippen LogP contribution in [0.4, 0.5) is 5.95 Å². The maximum Gasteiger partial charge on any atom is 0.297 e. The van der Waals surface area contributed by atoms with Gasteiger partial charge in [0.2, 0.25) is 11.7 Å². The summed E-state index contributed by atoms with van der Waals surface area (Å²) in [6.07, 6.45) is 3.01. The van der Waals surface area contributed by atoms with Crippen LogP contribution in [0.25, 0.3) is 11.0 Å². The second-order valence-electron chi connectivity index (χ2n) is 6.54. The van der Waals surface area contributed by atoms with Gasteiger partial charge in [0, 0.05) is 17.4 Å². The highest BCUT2D eigenvalue weighted by Crippen LogP contribution is 2.40. The molecule has 0 fully saturated rings. The molecule has 29 heavy (non-hydrogen) atoms. The number of carbonyl (C=O) groups excluding carboxylic acids is 1. The van der Waals surface area contributed by atoms with Crippen molar-refractivity contribution >= 4 is 34.4 Å². The van der Waals surface area contributed by atoms with Gasteiger partial charge in [-0.05, 0) is 42.0 Å². The highest BCUT2D eigenvalue weighted by atomic mass is 35.5. The van der Waals surface area contributed by atoms with E-state index in [0.717, 1.165) is 0 Å². The predicted octanol–water partition coefficient (Wildman–Crippen LogP) is 3.69. The van der Waals surface area contributed by atoms with Crippen LogP contribution in [0, 0.1) is 0 Å². The minimum atomic E-state index is -0.855. The third-order valence-electron chi connectivity index (χ3n) is 4.79. The maximum absolute atomic E-state index is 13.4. The van der Waals surface area contributed by atoms with E-state index in [9.17, 15) is 14.7 Å². The van der Waals surface area contributed by atoms with E-state index in [-0.39, 0.29) is 39.4 Å². The van der Waals surface area contributed by atoms with Gasteiger partial charge in [-0.1, -0.05) is 23.7 Å². The number of amides is 1. The number of aromatic nitrogens is 2. The number of fused-ring (bicyclic) bond motifs is 2. The number of halogens is 1. The SMILES string of the molecule is O=C1c2oc3ccc(Cl)cc3c(=O)c2C(c2cccc(O)c2)N1c1ncccn1. The molecular weight excluding hydrogens is 394 g/mol. The van der Waals surface area contributed by atoms with Crippen LogP contribution in [0.5, 0.6) is 5.75 Å². The monoisotopic (exact) mass is 405 g/mol. The average molecular weight is 406 g/mol. The third kappa shape index (κ3) is 2.67. The lowest BCUT2D eigenvalue weighted by Crippen LogP contribution is -2.31. The summed E-state index contributed by atoms with van der Waals surface area (Å²) in [6, 6.07) is 11.8. The van der Waals surface area contributed by atoms with Crippen molar-refractivity contribution in [2.24, 2.45) is 0 Å². The summed E-state index contributed by atoms with van der Waals surface area (Å²) < 4.78 is 5.82. The number of phenolic OH excluding ortho intramolecular Hbond substituents is 1. The molecule has 8 heteroatoms. The zero-order chi connectivity index (χ0) is 20.1. The number of hydrogen-bond acceptors (Lipinski definition) is 6. The highest BCUT2D eigenvalue weighted by Gasteiger charge is 2.45. The van der Waals surface area contributed by atoms with Crippen LogP contribution >= 0.6 is 11.6 Å². The van der Waals surface area contributed by atoms with Crippen molar-refractivity contribution in [1.82, 2.24) is 9.97 Å². The van der Waals surface area contributed by atoms with Crippen molar-refractivity contribution in [2.75, 3.05) is 4.90 Å². The van der Waals surface area contributed by atoms with E-state index in [1.807, 2.05) is 0 Å². The van der Waals surface area contributed by atoms with Crippen LogP contribution in [0.15, 0.2) is 70.1 Å². The lowest BCUT2D eigenvalue weighted by atomic mass is 9.98. The Kier molecular flexibility index (Phi) is 3.85. The summed E-state index contributed by atoms with van der Waals surface area (Å²) in [5.41, 5.74) is 0.571. The quantitative estimate of drug-likeness (QED) is 0.546. The molecule has 1 aliphatic heterocycles. The normalized spacial score (nSPS) is 15.7. The van der Waals surface area contributed by atoms with E-state index in [0.29, 0.717) is 10.6 Å². The smallest absolute Gasteiger partial charge is 0.297 e. The number of rotatable bonds is 2. The molecule has 5 rings (SSSR count). The topological polar surface area (TPSA) is 96.5 Å². The zero-order valence-electron chi connectivity index (χ0n) is 14.7. The van der Waals surface area contributed by atoms with Gasteiger partial charge >= 0.3 is 0 Å². The number of phenols is 1. The van der Waals surface area contributed by atoms with Gasteiger partial charge in [0.15, 0.2) is 5.43 Å². The fourth-order valence-corrected chi connectivity index (χ4v) is 3.75. The number of carbonyl (C=O) groups is 1. The van der Waals surface area contributed by atoms with Crippen LogP contribution in [0.3, 0.4) is 0 Å². The van der Waals surface area contributed by atoms with Gasteiger partial charge in [0.05, 0.1) is 17.0 Å². The highest BCUT2D eigenvalue weighted by molar-refractivity contribution is 6.31. The Morgan fingerprint density at radius 3 is 2.59 bits per heavy atom. The molecule has 1 N–H and O–H groups in total. The standard InChI is InChI=1S/C21H12ClN3O4/c22-12-5-6-15-14(10-12)18(27)16-17(11-3-1-4-13(26)9-11)25(20(28)19(16)29-15)21-23-7-2-8-24-21/h1-10,17,26H. The second-order valence-corrected chi connectivity index (χ2v) is 6.97. The third-order valence-corrected chi connectivity index (χ3v) is 5.02. The largest absolute Gasteiger partial charge is 0.508 e. The van der Waals surface area contributed by atoms with E-state index in [1.54, 1.807) is 30.3 Å². The molecule has 0 saturated carbocycles. The molecule has 0 bridgehead atoms. The van der Waals surface area contributed by atoms with Gasteiger partial charge in [0.1, 0.15) is 11.3 Å². The Balaban J connectivity index is 1.84. The first kappa shape index (κ1) is 17.4. The summed E-state index contributed by atoms with van der Waals surface area (Å²) in [6.45, 7) is 0. The number of nitrogens with zero attached hydrogens (tertiary/aromatic N) is 3. The first-order chi connectivity index (χ1) is 14.0. The second kappa shape index (κ2) is 6.42. The van der Waals surface area contributed by atoms with Crippen molar-refractivity contribution in [3.05, 3.63) is 93.1 Å². The van der Waals surface area contributed by atoms with Crippen LogP contribution < -0.4 is 10.3 Å². The molecule has 0 spiro atoms. The number of hydrogen-bond donors (Lipinski definition) is 1. The Bertz CT molecular complexity index is 1340. The molecule has 0 radical (unpaired) electrons. The molecule has 1 amide bonds. The van der Waals surface area contributed by atoms with Gasteiger partial charge in [-0.2, -0.15) is 0 Å². The van der Waals surface area contributed by atoms with Crippen molar-refractivity contribution in [3.8, 4) is 5.75 Å². The first-order valence-corrected chi connectivity index (χ1v) is 9.08. The lowest BCUT2D eigenvalue weighted by Gasteiger charge is -2.23. The van der Waals surface area contributed by atoms with E-state index in [2.05, 4.69) is 9.97 Å². The molecule has 7 nitrogen and oxygen atoms in total. The molecule has 2 aromatic carbocycles. The van der Waals surface area contributed by atoms with E-state index >= 15 is 0 Å². The van der Waals surface area contributed by atoms with Crippen LogP contribution in [-0.2, 0) is 0 Å². The summed E-state index contributed by atoms with van der Waals surface area (Å²) in [4.78, 5) is 36.3. The Hall–Kier alpha value is -3.71. The van der Waals surface area contributed by atoms with Gasteiger partial charge in [-0.3, -0.25) is 14.5 Å². The first-order valence-electron chi connectivity index (χ1n) is 8.70. The lowest BCUT2D eigenvalue weighted by molar-refractivity contribution is 0.0969. The molecule has 1 atom stereocenters. The summed E-state index contributed by atoms with van der Waals surface area (Å²) in [5.74, 6) is -0.483. The Labute approximate surface area is 168 Å². The molecule has 0 aliphatic carbocycles. The number of aromatic hydroxyl groups is 1. The summed E-state index contributed by atoms with van der Waals surface area (Å²) in [5, 5.41) is 10.6. The molecule has 4 aromatic rings. The molecule has 3 heterocycles. The van der Waals surface area contributed by atoms with E-state index in [1.165, 1.54) is 35.5 Å². The molecule has 2 aromatic heterocycles. The summed E-state index contributed by atoms with van der Waals surface area (Å²) in [7, 11) is 0. The Morgan fingerprint density at radius 2 is 1.83 bits per heavy atom. The van der Waals surface area contributed by atoms with Crippen molar-refractivity contribution in [1.29, 1.82) is 0 Å². The predicted molar refractivity (Wildman–Crippen MR) is 106 cm³/mol. The summed E-state index contributed by atoms with van der Waals surface area (Å²) >= 11 is 6.06. The van der Waals surface area contributed by atoms with Gasteiger partial charge in [0.25, 0.3) is 5.91 Å². The molecule has 0 saturated heterocycles. The van der Waals surface area contributed by atoms with Gasteiger partial charge in [-0.25, -0.2) is 9.97 Å². The van der Waals surface area contributed by atoms with Gasteiger partial charge in [-0.15, -0.1) is 0 Å². The molecular formula is C21H12ClN3O4. The van der Waals surface area contributed by atoms with Crippen molar-refractivity contribution in [2.45, 2.75) is 6.04 Å².